The summed E-state index contributed by atoms with van der Waals surface area (Å²) in [5, 5.41) is 0.407. The smallest absolute Gasteiger partial charge is 0.276 e. The largest absolute Gasteiger partial charge is 0.491 e. The van der Waals surface area contributed by atoms with Gasteiger partial charge in [-0.2, -0.15) is 0 Å². The van der Waals surface area contributed by atoms with E-state index < -0.39 is 11.8 Å². The van der Waals surface area contributed by atoms with Crippen LogP contribution in [-0.4, -0.2) is 24.5 Å². The van der Waals surface area contributed by atoms with Crippen molar-refractivity contribution in [2.45, 2.75) is 26.4 Å². The fourth-order valence-corrected chi connectivity index (χ4v) is 2.13. The minimum Gasteiger partial charge on any atom is -0.491 e. The summed E-state index contributed by atoms with van der Waals surface area (Å²) in [5.74, 6) is 0.141. The SMILES string of the molecule is CCC(C)Oc1ccc(C(=O)NNC(=O)COc2ccccc2Cl)cc1. The number of amides is 2. The van der Waals surface area contributed by atoms with Crippen molar-refractivity contribution in [1.82, 2.24) is 10.9 Å². The Bertz CT molecular complexity index is 749. The van der Waals surface area contributed by atoms with Crippen LogP contribution >= 0.6 is 11.6 Å². The molecule has 0 bridgehead atoms. The molecule has 0 aliphatic carbocycles. The molecule has 0 heterocycles. The summed E-state index contributed by atoms with van der Waals surface area (Å²) in [4.78, 5) is 23.8. The maximum Gasteiger partial charge on any atom is 0.276 e. The van der Waals surface area contributed by atoms with E-state index >= 15 is 0 Å². The van der Waals surface area contributed by atoms with Crippen LogP contribution in [0.4, 0.5) is 0 Å². The van der Waals surface area contributed by atoms with Crippen molar-refractivity contribution >= 4 is 23.4 Å². The standard InChI is InChI=1S/C19H21ClN2O4/c1-3-13(2)26-15-10-8-14(9-11-15)19(24)22-21-18(23)12-25-17-7-5-4-6-16(17)20/h4-11,13H,3,12H2,1-2H3,(H,21,23)(H,22,24). The monoisotopic (exact) mass is 376 g/mol. The molecule has 1 atom stereocenters. The lowest BCUT2D eigenvalue weighted by molar-refractivity contribution is -0.123. The number of para-hydroxylation sites is 1. The highest BCUT2D eigenvalue weighted by molar-refractivity contribution is 6.32. The van der Waals surface area contributed by atoms with Crippen LogP contribution in [0.5, 0.6) is 11.5 Å². The van der Waals surface area contributed by atoms with Gasteiger partial charge in [-0.05, 0) is 49.7 Å². The van der Waals surface area contributed by atoms with Crippen LogP contribution < -0.4 is 20.3 Å². The molecule has 26 heavy (non-hydrogen) atoms. The fraction of sp³-hybridized carbons (Fsp3) is 0.263. The lowest BCUT2D eigenvalue weighted by Crippen LogP contribution is -2.43. The molecule has 138 valence electrons. The Labute approximate surface area is 157 Å². The Hall–Kier alpha value is -2.73. The molecule has 0 saturated heterocycles. The van der Waals surface area contributed by atoms with Gasteiger partial charge in [-0.1, -0.05) is 30.7 Å². The molecule has 2 N–H and O–H groups in total. The molecule has 1 unspecified atom stereocenters. The van der Waals surface area contributed by atoms with Crippen molar-refractivity contribution in [2.24, 2.45) is 0 Å². The summed E-state index contributed by atoms with van der Waals surface area (Å²) >= 11 is 5.93. The van der Waals surface area contributed by atoms with Gasteiger partial charge in [-0.25, -0.2) is 0 Å². The van der Waals surface area contributed by atoms with Gasteiger partial charge in [-0.15, -0.1) is 0 Å². The number of nitrogens with one attached hydrogen (secondary N) is 2. The van der Waals surface area contributed by atoms with E-state index in [1.807, 2.05) is 13.8 Å². The first-order valence-corrected chi connectivity index (χ1v) is 8.60. The van der Waals surface area contributed by atoms with Crippen LogP contribution in [-0.2, 0) is 4.79 Å². The third kappa shape index (κ3) is 5.97. The lowest BCUT2D eigenvalue weighted by Gasteiger charge is -2.13. The predicted molar refractivity (Wildman–Crippen MR) is 99.4 cm³/mol. The number of carbonyl (C=O) groups is 2. The average Bonchev–Trinajstić information content (AvgIpc) is 2.66. The lowest BCUT2D eigenvalue weighted by atomic mass is 10.2. The number of rotatable bonds is 7. The van der Waals surface area contributed by atoms with E-state index in [2.05, 4.69) is 10.9 Å². The van der Waals surface area contributed by atoms with Crippen LogP contribution in [0.2, 0.25) is 5.02 Å². The first-order valence-electron chi connectivity index (χ1n) is 8.22. The molecule has 6 nitrogen and oxygen atoms in total. The maximum absolute atomic E-state index is 12.0. The molecule has 0 spiro atoms. The Balaban J connectivity index is 1.78. The molecule has 2 rings (SSSR count). The molecule has 7 heteroatoms. The van der Waals surface area contributed by atoms with E-state index in [0.717, 1.165) is 6.42 Å². The minimum absolute atomic E-state index is 0.104. The molecular formula is C19H21ClN2O4. The number of ether oxygens (including phenoxy) is 2. The summed E-state index contributed by atoms with van der Waals surface area (Å²) in [5.41, 5.74) is 5.01. The summed E-state index contributed by atoms with van der Waals surface area (Å²) in [6.07, 6.45) is 0.997. The molecule has 2 aromatic rings. The number of carbonyl (C=O) groups excluding carboxylic acids is 2. The van der Waals surface area contributed by atoms with E-state index in [-0.39, 0.29) is 12.7 Å². The molecule has 0 saturated carbocycles. The van der Waals surface area contributed by atoms with E-state index in [1.54, 1.807) is 48.5 Å². The fourth-order valence-electron chi connectivity index (χ4n) is 1.94. The van der Waals surface area contributed by atoms with Crippen LogP contribution in [0.1, 0.15) is 30.6 Å². The van der Waals surface area contributed by atoms with Crippen molar-refractivity contribution in [3.8, 4) is 11.5 Å². The quantitative estimate of drug-likeness (QED) is 0.726. The van der Waals surface area contributed by atoms with Crippen LogP contribution in [0.15, 0.2) is 48.5 Å². The second-order valence-electron chi connectivity index (χ2n) is 5.58. The van der Waals surface area contributed by atoms with E-state index in [4.69, 9.17) is 21.1 Å². The molecule has 0 aliphatic heterocycles. The topological polar surface area (TPSA) is 76.7 Å². The number of benzene rings is 2. The summed E-state index contributed by atoms with van der Waals surface area (Å²) in [6, 6.07) is 13.5. The third-order valence-electron chi connectivity index (χ3n) is 3.54. The van der Waals surface area contributed by atoms with E-state index in [1.165, 1.54) is 0 Å². The Morgan fingerprint density at radius 2 is 1.77 bits per heavy atom. The number of hydrogen-bond acceptors (Lipinski definition) is 4. The van der Waals surface area contributed by atoms with E-state index in [9.17, 15) is 9.59 Å². The van der Waals surface area contributed by atoms with Gasteiger partial charge >= 0.3 is 0 Å². The molecule has 0 aliphatic rings. The predicted octanol–water partition coefficient (Wildman–Crippen LogP) is 3.36. The molecule has 2 amide bonds. The molecule has 2 aromatic carbocycles. The van der Waals surface area contributed by atoms with Crippen molar-refractivity contribution in [3.05, 3.63) is 59.1 Å². The average molecular weight is 377 g/mol. The molecule has 0 radical (unpaired) electrons. The van der Waals surface area contributed by atoms with Gasteiger partial charge in [0.1, 0.15) is 11.5 Å². The zero-order valence-corrected chi connectivity index (χ0v) is 15.4. The van der Waals surface area contributed by atoms with Gasteiger partial charge < -0.3 is 9.47 Å². The van der Waals surface area contributed by atoms with Crippen LogP contribution in [0.3, 0.4) is 0 Å². The number of hydrogen-bond donors (Lipinski definition) is 2. The van der Waals surface area contributed by atoms with Crippen LogP contribution in [0.25, 0.3) is 0 Å². The summed E-state index contributed by atoms with van der Waals surface area (Å²) in [7, 11) is 0. The number of halogens is 1. The zero-order chi connectivity index (χ0) is 18.9. The summed E-state index contributed by atoms with van der Waals surface area (Å²) < 4.78 is 10.9. The first-order chi connectivity index (χ1) is 12.5. The van der Waals surface area contributed by atoms with Gasteiger partial charge in [0.05, 0.1) is 11.1 Å². The third-order valence-corrected chi connectivity index (χ3v) is 3.85. The molecule has 0 fully saturated rings. The van der Waals surface area contributed by atoms with Crippen molar-refractivity contribution in [2.75, 3.05) is 6.61 Å². The second kappa shape index (κ2) is 9.68. The van der Waals surface area contributed by atoms with Crippen LogP contribution in [0, 0.1) is 0 Å². The Morgan fingerprint density at radius 3 is 2.42 bits per heavy atom. The highest BCUT2D eigenvalue weighted by Gasteiger charge is 2.09. The second-order valence-corrected chi connectivity index (χ2v) is 5.99. The van der Waals surface area contributed by atoms with Crippen molar-refractivity contribution in [3.63, 3.8) is 0 Å². The van der Waals surface area contributed by atoms with Gasteiger partial charge in [0.15, 0.2) is 6.61 Å². The van der Waals surface area contributed by atoms with Crippen molar-refractivity contribution in [1.29, 1.82) is 0 Å². The minimum atomic E-state index is -0.505. The maximum atomic E-state index is 12.0. The van der Waals surface area contributed by atoms with Gasteiger partial charge in [-0.3, -0.25) is 20.4 Å². The first kappa shape index (κ1) is 19.6. The van der Waals surface area contributed by atoms with Crippen molar-refractivity contribution < 1.29 is 19.1 Å². The highest BCUT2D eigenvalue weighted by atomic mass is 35.5. The normalized spacial score (nSPS) is 11.3. The molecular weight excluding hydrogens is 356 g/mol. The zero-order valence-electron chi connectivity index (χ0n) is 14.6. The Kier molecular flexibility index (Phi) is 7.29. The number of hydrazine groups is 1. The van der Waals surface area contributed by atoms with Gasteiger partial charge in [0.2, 0.25) is 0 Å². The Morgan fingerprint density at radius 1 is 1.08 bits per heavy atom. The highest BCUT2D eigenvalue weighted by Crippen LogP contribution is 2.22. The van der Waals surface area contributed by atoms with Gasteiger partial charge in [0, 0.05) is 5.56 Å². The summed E-state index contributed by atoms with van der Waals surface area (Å²) in [6.45, 7) is 3.73. The molecule has 0 aromatic heterocycles. The van der Waals surface area contributed by atoms with E-state index in [0.29, 0.717) is 22.1 Å². The van der Waals surface area contributed by atoms with Gasteiger partial charge in [0.25, 0.3) is 11.8 Å².